The minimum Gasteiger partial charge on any atom is -0.481 e. The molecule has 194 valence electrons. The van der Waals surface area contributed by atoms with Gasteiger partial charge in [-0.2, -0.15) is 0 Å². The Morgan fingerprint density at radius 2 is 1.81 bits per heavy atom. The van der Waals surface area contributed by atoms with E-state index in [9.17, 15) is 19.1 Å². The van der Waals surface area contributed by atoms with Gasteiger partial charge in [-0.25, -0.2) is 9.37 Å². The Labute approximate surface area is 225 Å². The van der Waals surface area contributed by atoms with Crippen molar-refractivity contribution in [3.05, 3.63) is 83.3 Å². The largest absolute Gasteiger partial charge is 0.481 e. The van der Waals surface area contributed by atoms with Crippen LogP contribution < -0.4 is 16.0 Å². The van der Waals surface area contributed by atoms with Crippen molar-refractivity contribution in [2.75, 3.05) is 18.4 Å². The number of anilines is 1. The molecule has 0 bridgehead atoms. The third kappa shape index (κ3) is 9.44. The number of hydrogen-bond donors (Lipinski definition) is 4. The lowest BCUT2D eigenvalue weighted by Crippen LogP contribution is -2.38. The van der Waals surface area contributed by atoms with Gasteiger partial charge in [0, 0.05) is 19.2 Å². The second-order valence-electron chi connectivity index (χ2n) is 8.34. The van der Waals surface area contributed by atoms with Crippen molar-refractivity contribution in [1.82, 2.24) is 15.6 Å². The fourth-order valence-electron chi connectivity index (χ4n) is 3.62. The third-order valence-corrected chi connectivity index (χ3v) is 6.08. The van der Waals surface area contributed by atoms with Crippen LogP contribution in [0.2, 0.25) is 5.02 Å². The zero-order valence-corrected chi connectivity index (χ0v) is 21.6. The van der Waals surface area contributed by atoms with Crippen LogP contribution in [-0.2, 0) is 9.59 Å². The van der Waals surface area contributed by atoms with Gasteiger partial charge in [0.2, 0.25) is 5.91 Å². The maximum absolute atomic E-state index is 13.5. The van der Waals surface area contributed by atoms with Crippen molar-refractivity contribution in [1.29, 1.82) is 0 Å². The molecular formula is C27H28ClFN4O3S. The van der Waals surface area contributed by atoms with Crippen LogP contribution in [0.3, 0.4) is 0 Å². The van der Waals surface area contributed by atoms with Crippen molar-refractivity contribution < 1.29 is 19.1 Å². The highest BCUT2D eigenvalue weighted by Crippen LogP contribution is 2.27. The zero-order valence-electron chi connectivity index (χ0n) is 20.0. The summed E-state index contributed by atoms with van der Waals surface area (Å²) in [6.45, 7) is 0.830. The van der Waals surface area contributed by atoms with Gasteiger partial charge >= 0.3 is 5.97 Å². The molecule has 0 aliphatic carbocycles. The predicted octanol–water partition coefficient (Wildman–Crippen LogP) is 5.37. The SMILES string of the molecule is O=C(O)CC(NC(=S)CNC(=O)CCCCNc1ccccn1)c1ccc(-c2ccc(F)c(Cl)c2)cc1. The van der Waals surface area contributed by atoms with Crippen molar-refractivity contribution in [3.8, 4) is 11.1 Å². The standard InChI is InChI=1S/C27H28ClFN4O3S/c28-21-15-20(11-12-22(21)29)18-7-9-19(10-8-18)23(16-27(35)36)33-26(37)17-32-25(34)6-2-4-14-31-24-5-1-3-13-30-24/h1,3,5,7-13,15,23H,2,4,6,14,16-17H2,(H,30,31)(H,32,34)(H,33,37)(H,35,36). The number of unbranched alkanes of at least 4 members (excludes halogenated alkanes) is 1. The summed E-state index contributed by atoms with van der Waals surface area (Å²) in [7, 11) is 0. The van der Waals surface area contributed by atoms with E-state index in [0.717, 1.165) is 23.4 Å². The van der Waals surface area contributed by atoms with Crippen LogP contribution in [0, 0.1) is 5.82 Å². The van der Waals surface area contributed by atoms with Crippen LogP contribution >= 0.6 is 23.8 Å². The number of carbonyl (C=O) groups is 2. The van der Waals surface area contributed by atoms with E-state index in [2.05, 4.69) is 20.9 Å². The highest BCUT2D eigenvalue weighted by atomic mass is 35.5. The zero-order chi connectivity index (χ0) is 26.6. The molecule has 7 nitrogen and oxygen atoms in total. The van der Waals surface area contributed by atoms with E-state index in [1.807, 2.05) is 30.3 Å². The van der Waals surface area contributed by atoms with Gasteiger partial charge in [0.1, 0.15) is 11.6 Å². The van der Waals surface area contributed by atoms with E-state index < -0.39 is 17.8 Å². The molecule has 1 heterocycles. The van der Waals surface area contributed by atoms with Gasteiger partial charge in [-0.15, -0.1) is 0 Å². The second-order valence-corrected chi connectivity index (χ2v) is 9.24. The van der Waals surface area contributed by atoms with Gasteiger partial charge in [0.25, 0.3) is 0 Å². The average molecular weight is 543 g/mol. The summed E-state index contributed by atoms with van der Waals surface area (Å²) < 4.78 is 13.5. The summed E-state index contributed by atoms with van der Waals surface area (Å²) in [6, 6.07) is 16.7. The lowest BCUT2D eigenvalue weighted by molar-refractivity contribution is -0.137. The lowest BCUT2D eigenvalue weighted by Gasteiger charge is -2.20. The maximum atomic E-state index is 13.5. The van der Waals surface area contributed by atoms with E-state index in [0.29, 0.717) is 29.9 Å². The number of nitrogens with zero attached hydrogens (tertiary/aromatic N) is 1. The number of carboxylic acid groups (broad SMARTS) is 1. The number of nitrogens with one attached hydrogen (secondary N) is 3. The highest BCUT2D eigenvalue weighted by Gasteiger charge is 2.17. The molecule has 1 unspecified atom stereocenters. The number of hydrogen-bond acceptors (Lipinski definition) is 5. The van der Waals surface area contributed by atoms with Crippen LogP contribution in [-0.4, -0.2) is 40.0 Å². The number of rotatable bonds is 13. The molecular weight excluding hydrogens is 515 g/mol. The summed E-state index contributed by atoms with van der Waals surface area (Å²) in [6.07, 6.45) is 3.40. The molecule has 0 spiro atoms. The number of halogens is 2. The minimum atomic E-state index is -0.988. The van der Waals surface area contributed by atoms with Crippen LogP contribution in [0.1, 0.15) is 37.3 Å². The van der Waals surface area contributed by atoms with Gasteiger partial charge in [0.05, 0.1) is 29.0 Å². The molecule has 3 rings (SSSR count). The molecule has 3 aromatic rings. The number of aromatic nitrogens is 1. The second kappa shape index (κ2) is 14.2. The normalized spacial score (nSPS) is 11.4. The van der Waals surface area contributed by atoms with Crippen molar-refractivity contribution in [2.45, 2.75) is 31.7 Å². The number of carboxylic acids is 1. The van der Waals surface area contributed by atoms with Crippen molar-refractivity contribution in [2.24, 2.45) is 0 Å². The first-order chi connectivity index (χ1) is 17.8. The number of benzene rings is 2. The van der Waals surface area contributed by atoms with Crippen LogP contribution in [0.5, 0.6) is 0 Å². The fraction of sp³-hybridized carbons (Fsp3) is 0.259. The topological polar surface area (TPSA) is 103 Å². The molecule has 2 aromatic carbocycles. The Kier molecular flexibility index (Phi) is 10.8. The first-order valence-corrected chi connectivity index (χ1v) is 12.6. The van der Waals surface area contributed by atoms with Crippen molar-refractivity contribution >= 4 is 46.5 Å². The summed E-state index contributed by atoms with van der Waals surface area (Å²) in [5.41, 5.74) is 2.27. The van der Waals surface area contributed by atoms with E-state index in [1.54, 1.807) is 24.4 Å². The number of carbonyl (C=O) groups excluding carboxylic acids is 1. The smallest absolute Gasteiger partial charge is 0.305 e. The first-order valence-electron chi connectivity index (χ1n) is 11.8. The number of amides is 1. The Bertz CT molecular complexity index is 1210. The molecule has 1 aromatic heterocycles. The molecule has 10 heteroatoms. The molecule has 0 aliphatic heterocycles. The van der Waals surface area contributed by atoms with Gasteiger partial charge in [-0.1, -0.05) is 60.2 Å². The Balaban J connectivity index is 1.46. The van der Waals surface area contributed by atoms with E-state index in [1.165, 1.54) is 12.1 Å². The van der Waals surface area contributed by atoms with Gasteiger partial charge < -0.3 is 21.1 Å². The van der Waals surface area contributed by atoms with E-state index in [4.69, 9.17) is 23.8 Å². The molecule has 4 N–H and O–H groups in total. The van der Waals surface area contributed by atoms with E-state index in [-0.39, 0.29) is 23.9 Å². The Morgan fingerprint density at radius 3 is 2.49 bits per heavy atom. The minimum absolute atomic E-state index is 0.0283. The molecule has 1 atom stereocenters. The third-order valence-electron chi connectivity index (χ3n) is 5.53. The fourth-order valence-corrected chi connectivity index (χ4v) is 4.01. The summed E-state index contributed by atoms with van der Waals surface area (Å²) >= 11 is 11.2. The summed E-state index contributed by atoms with van der Waals surface area (Å²) in [5.74, 6) is -0.808. The number of pyridine rings is 1. The monoisotopic (exact) mass is 542 g/mol. The van der Waals surface area contributed by atoms with Gasteiger partial charge in [0.15, 0.2) is 0 Å². The molecule has 0 aliphatic rings. The number of aliphatic carboxylic acids is 1. The number of thiocarbonyl (C=S) groups is 1. The molecule has 0 fully saturated rings. The van der Waals surface area contributed by atoms with Crippen LogP contribution in [0.4, 0.5) is 10.2 Å². The molecule has 0 saturated heterocycles. The average Bonchev–Trinajstić information content (AvgIpc) is 2.89. The Morgan fingerprint density at radius 1 is 1.05 bits per heavy atom. The van der Waals surface area contributed by atoms with Gasteiger partial charge in [-0.3, -0.25) is 9.59 Å². The van der Waals surface area contributed by atoms with Crippen LogP contribution in [0.25, 0.3) is 11.1 Å². The summed E-state index contributed by atoms with van der Waals surface area (Å²) in [4.78, 5) is 28.1. The van der Waals surface area contributed by atoms with Gasteiger partial charge in [-0.05, 0) is 53.8 Å². The molecule has 1 amide bonds. The molecule has 37 heavy (non-hydrogen) atoms. The molecule has 0 saturated carbocycles. The maximum Gasteiger partial charge on any atom is 0.305 e. The Hall–Kier alpha value is -3.56. The highest BCUT2D eigenvalue weighted by molar-refractivity contribution is 7.80. The molecule has 0 radical (unpaired) electrons. The van der Waals surface area contributed by atoms with Crippen molar-refractivity contribution in [3.63, 3.8) is 0 Å². The lowest BCUT2D eigenvalue weighted by atomic mass is 9.99. The predicted molar refractivity (Wildman–Crippen MR) is 147 cm³/mol. The quantitative estimate of drug-likeness (QED) is 0.170. The summed E-state index contributed by atoms with van der Waals surface area (Å²) in [5, 5.41) is 18.4. The first kappa shape index (κ1) is 28.0. The van der Waals surface area contributed by atoms with E-state index >= 15 is 0 Å². The van der Waals surface area contributed by atoms with Crippen LogP contribution in [0.15, 0.2) is 66.9 Å².